The Morgan fingerprint density at radius 3 is 1.84 bits per heavy atom. The maximum atomic E-state index is 11.9. The summed E-state index contributed by atoms with van der Waals surface area (Å²) in [6.07, 6.45) is 1.54. The van der Waals surface area contributed by atoms with Gasteiger partial charge in [-0.25, -0.2) is 0 Å². The van der Waals surface area contributed by atoms with Crippen molar-refractivity contribution < 1.29 is 28.6 Å². The number of allylic oxidation sites excluding steroid dienone is 1. The SMILES string of the molecule is C=C[C@H]1C(C(C)(C(=O)OC)C(=O)OC)[C@H]1C(=O)OC. The molecule has 0 saturated heterocycles. The van der Waals surface area contributed by atoms with E-state index in [4.69, 9.17) is 0 Å². The van der Waals surface area contributed by atoms with E-state index in [1.54, 1.807) is 0 Å². The van der Waals surface area contributed by atoms with E-state index in [-0.39, 0.29) is 5.92 Å². The Hall–Kier alpha value is -1.85. The monoisotopic (exact) mass is 270 g/mol. The molecule has 1 aliphatic carbocycles. The van der Waals surface area contributed by atoms with E-state index >= 15 is 0 Å². The molecule has 0 heterocycles. The zero-order valence-electron chi connectivity index (χ0n) is 11.5. The predicted molar refractivity (Wildman–Crippen MR) is 64.8 cm³/mol. The normalized spacial score (nSPS) is 25.2. The molecule has 3 atom stereocenters. The second-order valence-electron chi connectivity index (χ2n) is 4.57. The van der Waals surface area contributed by atoms with Gasteiger partial charge < -0.3 is 14.2 Å². The molecule has 1 fully saturated rings. The molecule has 6 heteroatoms. The molecule has 0 amide bonds. The van der Waals surface area contributed by atoms with Gasteiger partial charge in [-0.3, -0.25) is 14.4 Å². The maximum absolute atomic E-state index is 11.9. The van der Waals surface area contributed by atoms with Crippen molar-refractivity contribution in [1.82, 2.24) is 0 Å². The van der Waals surface area contributed by atoms with Gasteiger partial charge in [0, 0.05) is 5.92 Å². The highest BCUT2D eigenvalue weighted by molar-refractivity contribution is 6.01. The first-order valence-electron chi connectivity index (χ1n) is 5.77. The minimum Gasteiger partial charge on any atom is -0.469 e. The van der Waals surface area contributed by atoms with E-state index < -0.39 is 35.2 Å². The summed E-state index contributed by atoms with van der Waals surface area (Å²) in [5.41, 5.74) is -1.54. The molecular formula is C13H18O6. The van der Waals surface area contributed by atoms with Gasteiger partial charge in [-0.15, -0.1) is 6.58 Å². The molecule has 0 aromatic rings. The molecule has 0 bridgehead atoms. The van der Waals surface area contributed by atoms with Gasteiger partial charge in [0.25, 0.3) is 0 Å². The van der Waals surface area contributed by atoms with Crippen LogP contribution in [0.3, 0.4) is 0 Å². The molecule has 0 aromatic carbocycles. The number of methoxy groups -OCH3 is 3. The van der Waals surface area contributed by atoms with Crippen LogP contribution >= 0.6 is 0 Å². The van der Waals surface area contributed by atoms with Crippen LogP contribution in [0.15, 0.2) is 12.7 Å². The Labute approximate surface area is 111 Å². The van der Waals surface area contributed by atoms with Crippen LogP contribution in [-0.2, 0) is 28.6 Å². The van der Waals surface area contributed by atoms with Crippen molar-refractivity contribution >= 4 is 17.9 Å². The lowest BCUT2D eigenvalue weighted by Gasteiger charge is -2.24. The molecule has 0 spiro atoms. The van der Waals surface area contributed by atoms with E-state index in [9.17, 15) is 14.4 Å². The van der Waals surface area contributed by atoms with Gasteiger partial charge in [-0.05, 0) is 12.8 Å². The maximum Gasteiger partial charge on any atom is 0.323 e. The van der Waals surface area contributed by atoms with Crippen molar-refractivity contribution in [1.29, 1.82) is 0 Å². The Morgan fingerprint density at radius 2 is 1.53 bits per heavy atom. The van der Waals surface area contributed by atoms with Crippen molar-refractivity contribution in [2.75, 3.05) is 21.3 Å². The fourth-order valence-corrected chi connectivity index (χ4v) is 2.59. The van der Waals surface area contributed by atoms with Crippen molar-refractivity contribution in [3.63, 3.8) is 0 Å². The standard InChI is InChI=1S/C13H18O6/c1-6-7-8(10(14)17-3)9(7)13(2,11(15)18-4)12(16)19-5/h6-9H,1H2,2-5H3/t7-,8+,9?/m1/s1. The third-order valence-corrected chi connectivity index (χ3v) is 3.71. The molecule has 0 aliphatic heterocycles. The highest BCUT2D eigenvalue weighted by Crippen LogP contribution is 2.58. The quantitative estimate of drug-likeness (QED) is 0.314. The summed E-state index contributed by atoms with van der Waals surface area (Å²) in [5.74, 6) is -3.39. The summed E-state index contributed by atoms with van der Waals surface area (Å²) in [6, 6.07) is 0. The summed E-state index contributed by atoms with van der Waals surface area (Å²) >= 11 is 0. The lowest BCUT2D eigenvalue weighted by molar-refractivity contribution is -0.170. The van der Waals surface area contributed by atoms with E-state index in [2.05, 4.69) is 20.8 Å². The van der Waals surface area contributed by atoms with Gasteiger partial charge in [0.05, 0.1) is 27.2 Å². The van der Waals surface area contributed by atoms with E-state index in [0.29, 0.717) is 0 Å². The van der Waals surface area contributed by atoms with E-state index in [1.165, 1.54) is 34.3 Å². The number of ether oxygens (including phenoxy) is 3. The lowest BCUT2D eigenvalue weighted by atomic mass is 9.83. The largest absolute Gasteiger partial charge is 0.469 e. The number of esters is 3. The minimum absolute atomic E-state index is 0.310. The minimum atomic E-state index is -1.54. The summed E-state index contributed by atoms with van der Waals surface area (Å²) in [7, 11) is 3.62. The van der Waals surface area contributed by atoms with Crippen LogP contribution < -0.4 is 0 Å². The summed E-state index contributed by atoms with van der Waals surface area (Å²) in [4.78, 5) is 35.5. The van der Waals surface area contributed by atoms with Crippen LogP contribution in [0.25, 0.3) is 0 Å². The molecule has 106 valence electrons. The van der Waals surface area contributed by atoms with E-state index in [1.807, 2.05) is 0 Å². The average Bonchev–Trinajstić information content (AvgIpc) is 3.18. The van der Waals surface area contributed by atoms with Crippen molar-refractivity contribution in [2.24, 2.45) is 23.2 Å². The number of carbonyl (C=O) groups excluding carboxylic acids is 3. The zero-order valence-corrected chi connectivity index (χ0v) is 11.5. The number of hydrogen-bond acceptors (Lipinski definition) is 6. The van der Waals surface area contributed by atoms with Crippen LogP contribution in [0.2, 0.25) is 0 Å². The summed E-state index contributed by atoms with van der Waals surface area (Å²) in [6.45, 7) is 5.02. The Morgan fingerprint density at radius 1 is 1.05 bits per heavy atom. The molecule has 0 radical (unpaired) electrons. The first kappa shape index (κ1) is 15.2. The molecule has 1 unspecified atom stereocenters. The van der Waals surface area contributed by atoms with Gasteiger partial charge in [0.15, 0.2) is 5.41 Å². The highest BCUT2D eigenvalue weighted by atomic mass is 16.5. The molecule has 1 saturated carbocycles. The third kappa shape index (κ3) is 2.22. The Balaban J connectivity index is 3.14. The van der Waals surface area contributed by atoms with Crippen LogP contribution in [0, 0.1) is 23.2 Å². The molecule has 1 aliphatic rings. The fraction of sp³-hybridized carbons (Fsp3) is 0.615. The van der Waals surface area contributed by atoms with Gasteiger partial charge in [0.1, 0.15) is 0 Å². The van der Waals surface area contributed by atoms with Crippen molar-refractivity contribution in [3.8, 4) is 0 Å². The smallest absolute Gasteiger partial charge is 0.323 e. The zero-order chi connectivity index (χ0) is 14.8. The van der Waals surface area contributed by atoms with E-state index in [0.717, 1.165) is 0 Å². The Bertz CT molecular complexity index is 397. The number of carbonyl (C=O) groups is 3. The molecule has 1 rings (SSSR count). The summed E-state index contributed by atoms with van der Waals surface area (Å²) in [5, 5.41) is 0. The predicted octanol–water partition coefficient (Wildman–Crippen LogP) is 0.560. The first-order chi connectivity index (χ1) is 8.89. The second-order valence-corrected chi connectivity index (χ2v) is 4.57. The summed E-state index contributed by atoms with van der Waals surface area (Å²) < 4.78 is 14.0. The number of rotatable bonds is 5. The fourth-order valence-electron chi connectivity index (χ4n) is 2.59. The highest BCUT2D eigenvalue weighted by Gasteiger charge is 2.68. The first-order valence-corrected chi connectivity index (χ1v) is 5.77. The van der Waals surface area contributed by atoms with Crippen LogP contribution in [0.5, 0.6) is 0 Å². The van der Waals surface area contributed by atoms with Gasteiger partial charge in [-0.1, -0.05) is 6.08 Å². The third-order valence-electron chi connectivity index (χ3n) is 3.71. The topological polar surface area (TPSA) is 78.9 Å². The van der Waals surface area contributed by atoms with Gasteiger partial charge in [0.2, 0.25) is 0 Å². The van der Waals surface area contributed by atoms with Gasteiger partial charge >= 0.3 is 17.9 Å². The molecule has 19 heavy (non-hydrogen) atoms. The van der Waals surface area contributed by atoms with Gasteiger partial charge in [-0.2, -0.15) is 0 Å². The molecule has 0 aromatic heterocycles. The second kappa shape index (κ2) is 5.42. The molecule has 6 nitrogen and oxygen atoms in total. The Kier molecular flexibility index (Phi) is 4.34. The molecule has 0 N–H and O–H groups in total. The lowest BCUT2D eigenvalue weighted by Crippen LogP contribution is -2.41. The van der Waals surface area contributed by atoms with Crippen LogP contribution in [-0.4, -0.2) is 39.2 Å². The van der Waals surface area contributed by atoms with Crippen molar-refractivity contribution in [2.45, 2.75) is 6.92 Å². The van der Waals surface area contributed by atoms with Crippen LogP contribution in [0.1, 0.15) is 6.92 Å². The van der Waals surface area contributed by atoms with Crippen molar-refractivity contribution in [3.05, 3.63) is 12.7 Å². The van der Waals surface area contributed by atoms with Crippen LogP contribution in [0.4, 0.5) is 0 Å². The molecular weight excluding hydrogens is 252 g/mol. The number of hydrogen-bond donors (Lipinski definition) is 0. The average molecular weight is 270 g/mol.